The number of carboxylic acids is 1. The molecule has 0 aromatic heterocycles. The number of likely N-dealkylation sites (tertiary alicyclic amines) is 1. The van der Waals surface area contributed by atoms with Gasteiger partial charge in [-0.2, -0.15) is 0 Å². The third kappa shape index (κ3) is 2.93. The molecule has 0 saturated carbocycles. The highest BCUT2D eigenvalue weighted by molar-refractivity contribution is 8.14. The standard InChI is InChI=1S/C11H18N2O3S/c14-6-8-4-2-1-3-5-13(8)11-12-9(7-17-11)10(15)16/h8-9,14H,1-7H2,(H,15,16). The number of carboxylic acid groups (broad SMARTS) is 1. The molecule has 1 fully saturated rings. The molecule has 5 nitrogen and oxygen atoms in total. The molecule has 0 aliphatic carbocycles. The first kappa shape index (κ1) is 12.7. The van der Waals surface area contributed by atoms with Gasteiger partial charge in [-0.1, -0.05) is 24.6 Å². The van der Waals surface area contributed by atoms with Crippen LogP contribution in [0.5, 0.6) is 0 Å². The van der Waals surface area contributed by atoms with Crippen LogP contribution in [0.15, 0.2) is 4.99 Å². The van der Waals surface area contributed by atoms with Crippen LogP contribution in [0, 0.1) is 0 Å². The molecule has 0 amide bonds. The van der Waals surface area contributed by atoms with Crippen LogP contribution < -0.4 is 0 Å². The van der Waals surface area contributed by atoms with Crippen LogP contribution in [-0.4, -0.2) is 57.2 Å². The number of aliphatic hydroxyl groups excluding tert-OH is 1. The minimum absolute atomic E-state index is 0.108. The molecule has 2 atom stereocenters. The molecule has 0 bridgehead atoms. The van der Waals surface area contributed by atoms with Crippen LogP contribution in [0.2, 0.25) is 0 Å². The smallest absolute Gasteiger partial charge is 0.329 e. The fourth-order valence-corrected chi connectivity index (χ4v) is 3.40. The average molecular weight is 258 g/mol. The molecule has 96 valence electrons. The molecule has 2 aliphatic heterocycles. The summed E-state index contributed by atoms with van der Waals surface area (Å²) in [5, 5.41) is 19.1. The van der Waals surface area contributed by atoms with Crippen molar-refractivity contribution in [3.63, 3.8) is 0 Å². The number of nitrogens with zero attached hydrogens (tertiary/aromatic N) is 2. The summed E-state index contributed by atoms with van der Waals surface area (Å²) in [6, 6.07) is -0.506. The number of rotatable bonds is 2. The van der Waals surface area contributed by atoms with Crippen molar-refractivity contribution in [3.8, 4) is 0 Å². The van der Waals surface area contributed by atoms with Gasteiger partial charge in [0.2, 0.25) is 0 Å². The maximum absolute atomic E-state index is 10.9. The summed E-state index contributed by atoms with van der Waals surface area (Å²) in [4.78, 5) is 17.2. The molecule has 17 heavy (non-hydrogen) atoms. The number of aliphatic imine (C=N–C) groups is 1. The molecule has 2 N–H and O–H groups in total. The summed E-state index contributed by atoms with van der Waals surface area (Å²) in [5.41, 5.74) is 0. The van der Waals surface area contributed by atoms with Gasteiger partial charge < -0.3 is 15.1 Å². The van der Waals surface area contributed by atoms with Gasteiger partial charge >= 0.3 is 5.97 Å². The average Bonchev–Trinajstić information content (AvgIpc) is 2.68. The molecule has 2 heterocycles. The van der Waals surface area contributed by atoms with Crippen LogP contribution in [0.4, 0.5) is 0 Å². The highest BCUT2D eigenvalue weighted by Gasteiger charge is 2.31. The van der Waals surface area contributed by atoms with Crippen LogP contribution in [0.1, 0.15) is 25.7 Å². The van der Waals surface area contributed by atoms with Crippen molar-refractivity contribution in [1.82, 2.24) is 4.90 Å². The maximum atomic E-state index is 10.9. The lowest BCUT2D eigenvalue weighted by molar-refractivity contribution is -0.137. The van der Waals surface area contributed by atoms with Crippen molar-refractivity contribution < 1.29 is 15.0 Å². The highest BCUT2D eigenvalue weighted by Crippen LogP contribution is 2.26. The first-order valence-corrected chi connectivity index (χ1v) is 7.02. The maximum Gasteiger partial charge on any atom is 0.329 e. The first-order chi connectivity index (χ1) is 8.22. The molecule has 2 unspecified atom stereocenters. The van der Waals surface area contributed by atoms with Gasteiger partial charge in [-0.3, -0.25) is 0 Å². The summed E-state index contributed by atoms with van der Waals surface area (Å²) in [5.74, 6) is -0.345. The number of amidine groups is 1. The van der Waals surface area contributed by atoms with Gasteiger partial charge in [0.05, 0.1) is 12.6 Å². The largest absolute Gasteiger partial charge is 0.480 e. The summed E-state index contributed by atoms with van der Waals surface area (Å²) >= 11 is 1.50. The number of hydrogen-bond donors (Lipinski definition) is 2. The van der Waals surface area contributed by atoms with E-state index >= 15 is 0 Å². The highest BCUT2D eigenvalue weighted by atomic mass is 32.2. The van der Waals surface area contributed by atoms with Crippen molar-refractivity contribution >= 4 is 22.9 Å². The van der Waals surface area contributed by atoms with E-state index in [1.807, 2.05) is 0 Å². The van der Waals surface area contributed by atoms with E-state index < -0.39 is 12.0 Å². The van der Waals surface area contributed by atoms with Gasteiger partial charge in [0.25, 0.3) is 0 Å². The van der Waals surface area contributed by atoms with Crippen molar-refractivity contribution in [1.29, 1.82) is 0 Å². The Labute approximate surface area is 105 Å². The molecule has 2 rings (SSSR count). The molecular formula is C11H18N2O3S. The third-order valence-electron chi connectivity index (χ3n) is 3.26. The van der Waals surface area contributed by atoms with Gasteiger partial charge in [0.1, 0.15) is 0 Å². The summed E-state index contributed by atoms with van der Waals surface area (Å²) < 4.78 is 0. The Hall–Kier alpha value is -0.750. The van der Waals surface area contributed by atoms with Gasteiger partial charge in [0, 0.05) is 12.3 Å². The minimum Gasteiger partial charge on any atom is -0.480 e. The monoisotopic (exact) mass is 258 g/mol. The molecular weight excluding hydrogens is 240 g/mol. The Morgan fingerprint density at radius 2 is 2.29 bits per heavy atom. The normalized spacial score (nSPS) is 29.9. The summed E-state index contributed by atoms with van der Waals surface area (Å²) in [7, 11) is 0. The zero-order valence-electron chi connectivity index (χ0n) is 9.71. The van der Waals surface area contributed by atoms with Crippen molar-refractivity contribution in [3.05, 3.63) is 0 Å². The Bertz CT molecular complexity index is 322. The van der Waals surface area contributed by atoms with Gasteiger partial charge in [-0.05, 0) is 12.8 Å². The topological polar surface area (TPSA) is 73.1 Å². The molecule has 0 spiro atoms. The quantitative estimate of drug-likeness (QED) is 0.765. The number of hydrogen-bond acceptors (Lipinski definition) is 5. The van der Waals surface area contributed by atoms with E-state index in [2.05, 4.69) is 9.89 Å². The molecule has 6 heteroatoms. The summed E-state index contributed by atoms with van der Waals surface area (Å²) in [6.07, 6.45) is 4.36. The van der Waals surface area contributed by atoms with E-state index in [1.54, 1.807) is 0 Å². The van der Waals surface area contributed by atoms with Gasteiger partial charge in [-0.15, -0.1) is 0 Å². The predicted molar refractivity (Wildman–Crippen MR) is 67.4 cm³/mol. The number of aliphatic hydroxyl groups is 1. The van der Waals surface area contributed by atoms with E-state index in [-0.39, 0.29) is 12.6 Å². The zero-order valence-corrected chi connectivity index (χ0v) is 10.5. The first-order valence-electron chi connectivity index (χ1n) is 6.03. The van der Waals surface area contributed by atoms with Crippen LogP contribution >= 0.6 is 11.8 Å². The number of carbonyl (C=O) groups is 1. The van der Waals surface area contributed by atoms with Gasteiger partial charge in [0.15, 0.2) is 11.2 Å². The second-order valence-corrected chi connectivity index (χ2v) is 5.44. The number of aliphatic carboxylic acids is 1. The lowest BCUT2D eigenvalue weighted by Gasteiger charge is -2.29. The molecule has 1 saturated heterocycles. The third-order valence-corrected chi connectivity index (χ3v) is 4.34. The molecule has 0 radical (unpaired) electrons. The fourth-order valence-electron chi connectivity index (χ4n) is 2.26. The minimum atomic E-state index is -0.858. The fraction of sp³-hybridized carbons (Fsp3) is 0.818. The molecule has 2 aliphatic rings. The van der Waals surface area contributed by atoms with Gasteiger partial charge in [-0.25, -0.2) is 9.79 Å². The molecule has 0 aromatic carbocycles. The van der Waals surface area contributed by atoms with E-state index in [0.29, 0.717) is 5.75 Å². The van der Waals surface area contributed by atoms with E-state index in [0.717, 1.165) is 31.0 Å². The van der Waals surface area contributed by atoms with Crippen LogP contribution in [0.25, 0.3) is 0 Å². The SMILES string of the molecule is O=C(O)C1CSC(N2CCCCCC2CO)=N1. The zero-order chi connectivity index (χ0) is 12.3. The second-order valence-electron chi connectivity index (χ2n) is 4.46. The lowest BCUT2D eigenvalue weighted by Crippen LogP contribution is -2.40. The van der Waals surface area contributed by atoms with E-state index in [1.165, 1.54) is 18.2 Å². The van der Waals surface area contributed by atoms with Crippen molar-refractivity contribution in [2.45, 2.75) is 37.8 Å². The van der Waals surface area contributed by atoms with Crippen molar-refractivity contribution in [2.75, 3.05) is 18.9 Å². The predicted octanol–water partition coefficient (Wildman–Crippen LogP) is 0.779. The van der Waals surface area contributed by atoms with Crippen LogP contribution in [-0.2, 0) is 4.79 Å². The Kier molecular flexibility index (Phi) is 4.28. The Morgan fingerprint density at radius 3 is 2.94 bits per heavy atom. The Balaban J connectivity index is 2.08. The van der Waals surface area contributed by atoms with E-state index in [9.17, 15) is 9.90 Å². The summed E-state index contributed by atoms with van der Waals surface area (Å²) in [6.45, 7) is 1.00. The van der Waals surface area contributed by atoms with Crippen molar-refractivity contribution in [2.24, 2.45) is 4.99 Å². The lowest BCUT2D eigenvalue weighted by atomic mass is 10.1. The van der Waals surface area contributed by atoms with Crippen LogP contribution in [0.3, 0.4) is 0 Å². The van der Waals surface area contributed by atoms with E-state index in [4.69, 9.17) is 5.11 Å². The molecule has 0 aromatic rings. The Morgan fingerprint density at radius 1 is 1.47 bits per heavy atom. The second kappa shape index (κ2) is 5.73. The number of thioether (sulfide) groups is 1.